The largest absolute Gasteiger partial charge is 0.490 e. The number of benzene rings is 1. The van der Waals surface area contributed by atoms with Crippen LogP contribution >= 0.6 is 0 Å². The van der Waals surface area contributed by atoms with Crippen LogP contribution in [0.4, 0.5) is 4.39 Å². The Morgan fingerprint density at radius 2 is 1.84 bits per heavy atom. The molecule has 3 rings (SSSR count). The second-order valence-electron chi connectivity index (χ2n) is 5.98. The molecule has 2 aliphatic carbocycles. The molecule has 2 aliphatic rings. The van der Waals surface area contributed by atoms with Gasteiger partial charge < -0.3 is 9.47 Å². The number of rotatable bonds is 4. The van der Waals surface area contributed by atoms with Crippen molar-refractivity contribution in [2.75, 3.05) is 7.11 Å². The van der Waals surface area contributed by atoms with Crippen molar-refractivity contribution in [2.45, 2.75) is 44.8 Å². The zero-order valence-electron chi connectivity index (χ0n) is 11.4. The van der Waals surface area contributed by atoms with E-state index in [9.17, 15) is 4.39 Å². The molecule has 0 saturated heterocycles. The highest BCUT2D eigenvalue weighted by Gasteiger charge is 2.35. The molecule has 2 bridgehead atoms. The van der Waals surface area contributed by atoms with Crippen molar-refractivity contribution in [1.29, 1.82) is 0 Å². The number of hydrogen-bond acceptors (Lipinski definition) is 2. The lowest BCUT2D eigenvalue weighted by molar-refractivity contribution is 0.118. The minimum absolute atomic E-state index is 0.247. The van der Waals surface area contributed by atoms with Crippen LogP contribution in [0.25, 0.3) is 0 Å². The van der Waals surface area contributed by atoms with Gasteiger partial charge in [0.2, 0.25) is 0 Å². The summed E-state index contributed by atoms with van der Waals surface area (Å²) in [6, 6.07) is 4.87. The molecule has 0 amide bonds. The van der Waals surface area contributed by atoms with Crippen molar-refractivity contribution in [2.24, 2.45) is 11.8 Å². The van der Waals surface area contributed by atoms with E-state index in [4.69, 9.17) is 9.47 Å². The molecule has 2 saturated carbocycles. The SMILES string of the molecule is COCc1cc(F)cc(O[C@@H]2C[C@@H]3CC[C@@H](C3)C2)c1. The topological polar surface area (TPSA) is 18.5 Å². The highest BCUT2D eigenvalue weighted by Crippen LogP contribution is 2.43. The third-order valence-corrected chi connectivity index (χ3v) is 4.39. The highest BCUT2D eigenvalue weighted by atomic mass is 19.1. The summed E-state index contributed by atoms with van der Waals surface area (Å²) in [5.74, 6) is 2.06. The van der Waals surface area contributed by atoms with Crippen molar-refractivity contribution in [3.05, 3.63) is 29.6 Å². The van der Waals surface area contributed by atoms with Gasteiger partial charge in [-0.25, -0.2) is 4.39 Å². The van der Waals surface area contributed by atoms with Gasteiger partial charge >= 0.3 is 0 Å². The molecule has 0 aliphatic heterocycles. The summed E-state index contributed by atoms with van der Waals surface area (Å²) in [4.78, 5) is 0. The Hall–Kier alpha value is -1.09. The van der Waals surface area contributed by atoms with Crippen molar-refractivity contribution in [3.63, 3.8) is 0 Å². The van der Waals surface area contributed by atoms with E-state index in [0.717, 1.165) is 30.2 Å². The predicted molar refractivity (Wildman–Crippen MR) is 71.6 cm³/mol. The van der Waals surface area contributed by atoms with Crippen LogP contribution in [0.3, 0.4) is 0 Å². The summed E-state index contributed by atoms with van der Waals surface area (Å²) in [7, 11) is 1.62. The second-order valence-corrected chi connectivity index (χ2v) is 5.98. The summed E-state index contributed by atoms with van der Waals surface area (Å²) in [6.45, 7) is 0.421. The molecule has 19 heavy (non-hydrogen) atoms. The summed E-state index contributed by atoms with van der Waals surface area (Å²) >= 11 is 0. The van der Waals surface area contributed by atoms with Gasteiger partial charge in [0.1, 0.15) is 11.6 Å². The zero-order valence-corrected chi connectivity index (χ0v) is 11.4. The predicted octanol–water partition coefficient (Wildman–Crippen LogP) is 3.93. The Bertz CT molecular complexity index is 434. The maximum atomic E-state index is 13.5. The third kappa shape index (κ3) is 3.08. The van der Waals surface area contributed by atoms with E-state index in [1.54, 1.807) is 7.11 Å². The maximum absolute atomic E-state index is 13.5. The van der Waals surface area contributed by atoms with Crippen LogP contribution in [0.15, 0.2) is 18.2 Å². The summed E-state index contributed by atoms with van der Waals surface area (Å²) in [5, 5.41) is 0. The van der Waals surface area contributed by atoms with Crippen molar-refractivity contribution >= 4 is 0 Å². The molecule has 0 aromatic heterocycles. The van der Waals surface area contributed by atoms with E-state index in [1.165, 1.54) is 31.4 Å². The molecule has 2 nitrogen and oxygen atoms in total. The number of hydrogen-bond donors (Lipinski definition) is 0. The molecular weight excluding hydrogens is 243 g/mol. The van der Waals surface area contributed by atoms with Gasteiger partial charge in [-0.05, 0) is 48.8 Å². The van der Waals surface area contributed by atoms with E-state index >= 15 is 0 Å². The summed E-state index contributed by atoms with van der Waals surface area (Å²) in [5.41, 5.74) is 0.830. The number of fused-ring (bicyclic) bond motifs is 2. The highest BCUT2D eigenvalue weighted by molar-refractivity contribution is 5.29. The number of methoxy groups -OCH3 is 1. The molecule has 0 spiro atoms. The molecular formula is C16H21FO2. The third-order valence-electron chi connectivity index (χ3n) is 4.39. The van der Waals surface area contributed by atoms with Crippen LogP contribution in [-0.2, 0) is 11.3 Å². The minimum atomic E-state index is -0.247. The number of ether oxygens (including phenoxy) is 2. The normalized spacial score (nSPS) is 29.5. The Morgan fingerprint density at radius 1 is 1.11 bits per heavy atom. The average Bonchev–Trinajstić information content (AvgIpc) is 2.68. The van der Waals surface area contributed by atoms with Gasteiger partial charge in [0.25, 0.3) is 0 Å². The molecule has 2 fully saturated rings. The molecule has 0 heterocycles. The van der Waals surface area contributed by atoms with E-state index in [-0.39, 0.29) is 11.9 Å². The molecule has 0 radical (unpaired) electrons. The first-order valence-corrected chi connectivity index (χ1v) is 7.18. The maximum Gasteiger partial charge on any atom is 0.127 e. The van der Waals surface area contributed by atoms with Crippen LogP contribution in [-0.4, -0.2) is 13.2 Å². The summed E-state index contributed by atoms with van der Waals surface area (Å²) in [6.07, 6.45) is 6.60. The molecule has 1 aromatic carbocycles. The van der Waals surface area contributed by atoms with Gasteiger partial charge in [-0.2, -0.15) is 0 Å². The van der Waals surface area contributed by atoms with Crippen LogP contribution < -0.4 is 4.74 Å². The van der Waals surface area contributed by atoms with E-state index in [1.807, 2.05) is 6.07 Å². The first-order chi connectivity index (χ1) is 9.22. The Labute approximate surface area is 113 Å². The van der Waals surface area contributed by atoms with E-state index in [2.05, 4.69) is 0 Å². The fourth-order valence-corrected chi connectivity index (χ4v) is 3.67. The van der Waals surface area contributed by atoms with Gasteiger partial charge in [-0.15, -0.1) is 0 Å². The molecule has 0 N–H and O–H groups in total. The van der Waals surface area contributed by atoms with Crippen LogP contribution in [0, 0.1) is 17.7 Å². The monoisotopic (exact) mass is 264 g/mol. The standard InChI is InChI=1S/C16H21FO2/c1-18-10-13-5-14(17)9-16(8-13)19-15-6-11-2-3-12(4-11)7-15/h5,8-9,11-12,15H,2-4,6-7,10H2,1H3/t11-,12+,15-. The van der Waals surface area contributed by atoms with Crippen LogP contribution in [0.5, 0.6) is 5.75 Å². The molecule has 1 aromatic rings. The first kappa shape index (κ1) is 12.9. The van der Waals surface area contributed by atoms with Gasteiger partial charge in [0, 0.05) is 13.2 Å². The number of halogens is 1. The van der Waals surface area contributed by atoms with Crippen LogP contribution in [0.1, 0.15) is 37.7 Å². The van der Waals surface area contributed by atoms with Gasteiger partial charge in [-0.3, -0.25) is 0 Å². The van der Waals surface area contributed by atoms with Gasteiger partial charge in [-0.1, -0.05) is 12.8 Å². The lowest BCUT2D eigenvalue weighted by Gasteiger charge is -2.28. The zero-order chi connectivity index (χ0) is 13.2. The van der Waals surface area contributed by atoms with Crippen molar-refractivity contribution < 1.29 is 13.9 Å². The Balaban J connectivity index is 1.68. The quantitative estimate of drug-likeness (QED) is 0.820. The fourth-order valence-electron chi connectivity index (χ4n) is 3.67. The van der Waals surface area contributed by atoms with E-state index in [0.29, 0.717) is 12.4 Å². The van der Waals surface area contributed by atoms with Crippen molar-refractivity contribution in [1.82, 2.24) is 0 Å². The minimum Gasteiger partial charge on any atom is -0.490 e. The van der Waals surface area contributed by atoms with E-state index < -0.39 is 0 Å². The molecule has 3 atom stereocenters. The smallest absolute Gasteiger partial charge is 0.127 e. The van der Waals surface area contributed by atoms with Crippen molar-refractivity contribution in [3.8, 4) is 5.75 Å². The Morgan fingerprint density at radius 3 is 2.53 bits per heavy atom. The molecule has 3 heteroatoms. The second kappa shape index (κ2) is 5.49. The van der Waals surface area contributed by atoms with Gasteiger partial charge in [0.15, 0.2) is 0 Å². The van der Waals surface area contributed by atoms with Crippen LogP contribution in [0.2, 0.25) is 0 Å². The average molecular weight is 264 g/mol. The molecule has 104 valence electrons. The Kier molecular flexibility index (Phi) is 3.74. The fraction of sp³-hybridized carbons (Fsp3) is 0.625. The van der Waals surface area contributed by atoms with Gasteiger partial charge in [0.05, 0.1) is 12.7 Å². The first-order valence-electron chi connectivity index (χ1n) is 7.18. The summed E-state index contributed by atoms with van der Waals surface area (Å²) < 4.78 is 24.6. The lowest BCUT2D eigenvalue weighted by atomic mass is 9.87. The molecule has 0 unspecified atom stereocenters. The lowest BCUT2D eigenvalue weighted by Crippen LogP contribution is -2.26.